The minimum Gasteiger partial charge on any atom is -0.302 e. The van der Waals surface area contributed by atoms with Gasteiger partial charge in [0.15, 0.2) is 0 Å². The Morgan fingerprint density at radius 3 is 2.40 bits per heavy atom. The minimum atomic E-state index is -3.47. The molecular weight excluding hydrogens is 379 g/mol. The number of nitrogens with one attached hydrogen (secondary N) is 1. The summed E-state index contributed by atoms with van der Waals surface area (Å²) in [7, 11) is -1.42. The van der Waals surface area contributed by atoms with E-state index in [0.717, 1.165) is 24.2 Å². The Hall–Kier alpha value is -1.11. The van der Waals surface area contributed by atoms with Crippen molar-refractivity contribution in [1.29, 1.82) is 0 Å². The van der Waals surface area contributed by atoms with Crippen LogP contribution >= 0.6 is 23.2 Å². The molecule has 2 aromatic carbocycles. The highest BCUT2D eigenvalue weighted by atomic mass is 35.5. The predicted molar refractivity (Wildman–Crippen MR) is 104 cm³/mol. The fraction of sp³-hybridized carbons (Fsp3) is 0.333. The molecule has 136 valence electrons. The van der Waals surface area contributed by atoms with Gasteiger partial charge in [-0.2, -0.15) is 0 Å². The summed E-state index contributed by atoms with van der Waals surface area (Å²) in [4.78, 5) is 2.19. The molecule has 25 heavy (non-hydrogen) atoms. The third-order valence-corrected chi connectivity index (χ3v) is 5.86. The van der Waals surface area contributed by atoms with E-state index in [9.17, 15) is 8.42 Å². The topological polar surface area (TPSA) is 49.4 Å². The number of hydrogen-bond donors (Lipinski definition) is 1. The zero-order valence-electron chi connectivity index (χ0n) is 14.3. The normalized spacial score (nSPS) is 11.9. The van der Waals surface area contributed by atoms with Gasteiger partial charge < -0.3 is 4.90 Å². The molecule has 0 radical (unpaired) electrons. The van der Waals surface area contributed by atoms with Gasteiger partial charge in [0.05, 0.1) is 15.8 Å². The van der Waals surface area contributed by atoms with Crippen LogP contribution in [-0.2, 0) is 28.9 Å². The smallest absolute Gasteiger partial charge is 0.216 e. The first-order valence-electron chi connectivity index (χ1n) is 7.96. The third kappa shape index (κ3) is 6.60. The molecule has 0 heterocycles. The summed E-state index contributed by atoms with van der Waals surface area (Å²) in [5.74, 6) is -0.137. The van der Waals surface area contributed by atoms with E-state index >= 15 is 0 Å². The van der Waals surface area contributed by atoms with Crippen molar-refractivity contribution in [1.82, 2.24) is 9.62 Å². The molecule has 0 aliphatic carbocycles. The van der Waals surface area contributed by atoms with Crippen LogP contribution < -0.4 is 4.72 Å². The maximum Gasteiger partial charge on any atom is 0.216 e. The lowest BCUT2D eigenvalue weighted by atomic mass is 10.1. The zero-order chi connectivity index (χ0) is 18.4. The number of rotatable bonds is 8. The molecule has 0 bridgehead atoms. The summed E-state index contributed by atoms with van der Waals surface area (Å²) in [5, 5.41) is 0.756. The molecule has 0 unspecified atom stereocenters. The number of hydrogen-bond acceptors (Lipinski definition) is 3. The van der Waals surface area contributed by atoms with Gasteiger partial charge in [0.25, 0.3) is 0 Å². The molecule has 2 rings (SSSR count). The first-order chi connectivity index (χ1) is 11.8. The van der Waals surface area contributed by atoms with Gasteiger partial charge in [-0.25, -0.2) is 13.1 Å². The average molecular weight is 401 g/mol. The summed E-state index contributed by atoms with van der Waals surface area (Å²) in [6.45, 7) is 4.15. The number of nitrogens with zero attached hydrogens (tertiary/aromatic N) is 1. The Balaban J connectivity index is 1.99. The van der Waals surface area contributed by atoms with Gasteiger partial charge in [-0.15, -0.1) is 0 Å². The maximum atomic E-state index is 12.3. The lowest BCUT2D eigenvalue weighted by molar-refractivity contribution is 0.345. The fourth-order valence-corrected chi connectivity index (χ4v) is 3.78. The van der Waals surface area contributed by atoms with E-state index in [4.69, 9.17) is 23.2 Å². The number of sulfonamides is 1. The second kappa shape index (κ2) is 9.01. The summed E-state index contributed by atoms with van der Waals surface area (Å²) < 4.78 is 27.2. The standard InChI is InChI=1S/C18H22Cl2N2O2S/c1-3-22(2)12-15-6-4-5-14(9-15)11-21-25(23,24)13-16-7-8-17(19)18(20)10-16/h4-10,21H,3,11-13H2,1-2H3. The van der Waals surface area contributed by atoms with Gasteiger partial charge in [-0.05, 0) is 42.4 Å². The van der Waals surface area contributed by atoms with Crippen LogP contribution in [0.3, 0.4) is 0 Å². The van der Waals surface area contributed by atoms with Gasteiger partial charge in [0, 0.05) is 13.1 Å². The number of benzene rings is 2. The van der Waals surface area contributed by atoms with Crippen LogP contribution in [-0.4, -0.2) is 26.9 Å². The highest BCUT2D eigenvalue weighted by Crippen LogP contribution is 2.23. The fourth-order valence-electron chi connectivity index (χ4n) is 2.35. The van der Waals surface area contributed by atoms with E-state index in [2.05, 4.69) is 16.5 Å². The van der Waals surface area contributed by atoms with Crippen molar-refractivity contribution in [3.63, 3.8) is 0 Å². The molecule has 0 aliphatic rings. The van der Waals surface area contributed by atoms with Crippen molar-refractivity contribution in [2.24, 2.45) is 0 Å². The molecule has 0 amide bonds. The van der Waals surface area contributed by atoms with E-state index in [1.165, 1.54) is 0 Å². The molecule has 0 spiro atoms. The predicted octanol–water partition coefficient (Wildman–Crippen LogP) is 4.06. The van der Waals surface area contributed by atoms with Gasteiger partial charge in [0.2, 0.25) is 10.0 Å². The Labute approximate surface area is 159 Å². The molecule has 0 aliphatic heterocycles. The maximum absolute atomic E-state index is 12.3. The zero-order valence-corrected chi connectivity index (χ0v) is 16.6. The highest BCUT2D eigenvalue weighted by molar-refractivity contribution is 7.88. The Kier molecular flexibility index (Phi) is 7.28. The molecule has 0 aromatic heterocycles. The van der Waals surface area contributed by atoms with Crippen LogP contribution in [0.15, 0.2) is 42.5 Å². The van der Waals surface area contributed by atoms with E-state index < -0.39 is 10.0 Å². The van der Waals surface area contributed by atoms with Crippen molar-refractivity contribution < 1.29 is 8.42 Å². The molecule has 1 N–H and O–H groups in total. The SMILES string of the molecule is CCN(C)Cc1cccc(CNS(=O)(=O)Cc2ccc(Cl)c(Cl)c2)c1. The Bertz CT molecular complexity index is 826. The lowest BCUT2D eigenvalue weighted by Gasteiger charge is -2.14. The van der Waals surface area contributed by atoms with Crippen LogP contribution in [0.1, 0.15) is 23.6 Å². The summed E-state index contributed by atoms with van der Waals surface area (Å²) >= 11 is 11.8. The van der Waals surface area contributed by atoms with Gasteiger partial charge in [0.1, 0.15) is 0 Å². The van der Waals surface area contributed by atoms with Crippen molar-refractivity contribution >= 4 is 33.2 Å². The van der Waals surface area contributed by atoms with E-state index in [1.807, 2.05) is 31.3 Å². The summed E-state index contributed by atoms with van der Waals surface area (Å²) in [6, 6.07) is 12.8. The largest absolute Gasteiger partial charge is 0.302 e. The van der Waals surface area contributed by atoms with Gasteiger partial charge in [-0.3, -0.25) is 0 Å². The first-order valence-corrected chi connectivity index (χ1v) is 10.4. The molecule has 0 saturated heterocycles. The monoisotopic (exact) mass is 400 g/mol. The van der Waals surface area contributed by atoms with E-state index in [1.54, 1.807) is 18.2 Å². The van der Waals surface area contributed by atoms with Crippen molar-refractivity contribution in [3.05, 3.63) is 69.2 Å². The van der Waals surface area contributed by atoms with Gasteiger partial charge >= 0.3 is 0 Å². The lowest BCUT2D eigenvalue weighted by Crippen LogP contribution is -2.25. The molecule has 7 heteroatoms. The van der Waals surface area contributed by atoms with Gasteiger partial charge in [-0.1, -0.05) is 60.5 Å². The van der Waals surface area contributed by atoms with E-state index in [-0.39, 0.29) is 12.3 Å². The van der Waals surface area contributed by atoms with E-state index in [0.29, 0.717) is 15.6 Å². The minimum absolute atomic E-state index is 0.137. The molecule has 0 saturated carbocycles. The van der Waals surface area contributed by atoms with Crippen molar-refractivity contribution in [2.75, 3.05) is 13.6 Å². The summed E-state index contributed by atoms with van der Waals surface area (Å²) in [6.07, 6.45) is 0. The van der Waals surface area contributed by atoms with Crippen molar-refractivity contribution in [3.8, 4) is 0 Å². The second-order valence-corrected chi connectivity index (χ2v) is 8.60. The quantitative estimate of drug-likeness (QED) is 0.726. The molecule has 4 nitrogen and oxygen atoms in total. The van der Waals surface area contributed by atoms with Crippen LogP contribution in [0.4, 0.5) is 0 Å². The van der Waals surface area contributed by atoms with Crippen LogP contribution in [0.2, 0.25) is 10.0 Å². The number of halogens is 2. The van der Waals surface area contributed by atoms with Crippen molar-refractivity contribution in [2.45, 2.75) is 25.8 Å². The first kappa shape index (κ1) is 20.2. The van der Waals surface area contributed by atoms with Crippen LogP contribution in [0, 0.1) is 0 Å². The average Bonchev–Trinajstić information content (AvgIpc) is 2.56. The molecule has 0 fully saturated rings. The Morgan fingerprint density at radius 1 is 1.00 bits per heavy atom. The molecular formula is C18H22Cl2N2O2S. The molecule has 2 aromatic rings. The highest BCUT2D eigenvalue weighted by Gasteiger charge is 2.12. The second-order valence-electron chi connectivity index (χ2n) is 5.98. The molecule has 0 atom stereocenters. The third-order valence-electron chi connectivity index (χ3n) is 3.82. The summed E-state index contributed by atoms with van der Waals surface area (Å²) in [5.41, 5.74) is 2.69. The van der Waals surface area contributed by atoms with Crippen LogP contribution in [0.5, 0.6) is 0 Å². The Morgan fingerprint density at radius 2 is 1.72 bits per heavy atom. The van der Waals surface area contributed by atoms with Crippen LogP contribution in [0.25, 0.3) is 0 Å².